The summed E-state index contributed by atoms with van der Waals surface area (Å²) in [5.41, 5.74) is 0. The predicted octanol–water partition coefficient (Wildman–Crippen LogP) is -1.12. The number of hydrogen-bond acceptors (Lipinski definition) is 4. The fourth-order valence-corrected chi connectivity index (χ4v) is 0.888. The maximum absolute atomic E-state index is 11.0. The molecule has 0 aromatic heterocycles. The summed E-state index contributed by atoms with van der Waals surface area (Å²) < 4.78 is 4.66. The minimum atomic E-state index is -0.104. The van der Waals surface area contributed by atoms with Gasteiger partial charge in [0.25, 0.3) is 0 Å². The van der Waals surface area contributed by atoms with Crippen molar-refractivity contribution in [2.45, 2.75) is 0 Å². The van der Waals surface area contributed by atoms with Gasteiger partial charge in [-0.1, -0.05) is 0 Å². The maximum atomic E-state index is 11.0. The molecule has 0 bridgehead atoms. The standard InChI is InChI=1S/C8H16N2O3/c1-9-8(12)5-10(2)4-7(11)6-13-3/h4-6H2,1-3H3,(H,9,12). The second kappa shape index (κ2) is 6.56. The molecule has 5 nitrogen and oxygen atoms in total. The molecule has 0 rings (SSSR count). The van der Waals surface area contributed by atoms with Crippen LogP contribution in [-0.2, 0) is 14.3 Å². The van der Waals surface area contributed by atoms with Gasteiger partial charge in [-0.15, -0.1) is 0 Å². The number of amides is 1. The number of ketones is 1. The lowest BCUT2D eigenvalue weighted by Crippen LogP contribution is -2.36. The molecular weight excluding hydrogens is 172 g/mol. The van der Waals surface area contributed by atoms with Crippen LogP contribution in [0.5, 0.6) is 0 Å². The first-order chi connectivity index (χ1) is 6.10. The van der Waals surface area contributed by atoms with Gasteiger partial charge < -0.3 is 10.1 Å². The van der Waals surface area contributed by atoms with Crippen molar-refractivity contribution >= 4 is 11.7 Å². The number of hydrogen-bond donors (Lipinski definition) is 1. The number of methoxy groups -OCH3 is 1. The zero-order valence-electron chi connectivity index (χ0n) is 8.29. The highest BCUT2D eigenvalue weighted by Gasteiger charge is 2.08. The molecule has 0 aliphatic carbocycles. The third-order valence-corrected chi connectivity index (χ3v) is 1.44. The molecule has 0 aliphatic heterocycles. The van der Waals surface area contributed by atoms with Gasteiger partial charge in [-0.05, 0) is 7.05 Å². The van der Waals surface area contributed by atoms with E-state index in [9.17, 15) is 9.59 Å². The van der Waals surface area contributed by atoms with Crippen molar-refractivity contribution in [3.05, 3.63) is 0 Å². The lowest BCUT2D eigenvalue weighted by atomic mass is 10.4. The van der Waals surface area contributed by atoms with Crippen LogP contribution in [0.25, 0.3) is 0 Å². The fraction of sp³-hybridized carbons (Fsp3) is 0.750. The molecule has 1 amide bonds. The molecule has 0 aliphatic rings. The average molecular weight is 188 g/mol. The van der Waals surface area contributed by atoms with Gasteiger partial charge in [0.2, 0.25) is 5.91 Å². The Morgan fingerprint density at radius 2 is 2.00 bits per heavy atom. The monoisotopic (exact) mass is 188 g/mol. The maximum Gasteiger partial charge on any atom is 0.233 e. The Kier molecular flexibility index (Phi) is 6.09. The molecule has 0 radical (unpaired) electrons. The van der Waals surface area contributed by atoms with E-state index in [0.717, 1.165) is 0 Å². The van der Waals surface area contributed by atoms with E-state index in [1.165, 1.54) is 7.11 Å². The molecule has 0 atom stereocenters. The fourth-order valence-electron chi connectivity index (χ4n) is 0.888. The zero-order chi connectivity index (χ0) is 10.3. The van der Waals surface area contributed by atoms with E-state index in [4.69, 9.17) is 0 Å². The third-order valence-electron chi connectivity index (χ3n) is 1.44. The average Bonchev–Trinajstić information content (AvgIpc) is 2.04. The van der Waals surface area contributed by atoms with Crippen molar-refractivity contribution in [3.8, 4) is 0 Å². The van der Waals surface area contributed by atoms with Crippen LogP contribution in [0.4, 0.5) is 0 Å². The first-order valence-corrected chi connectivity index (χ1v) is 4.00. The minimum Gasteiger partial charge on any atom is -0.377 e. The Bertz CT molecular complexity index is 182. The molecule has 13 heavy (non-hydrogen) atoms. The first kappa shape index (κ1) is 12.1. The molecule has 0 spiro atoms. The smallest absolute Gasteiger partial charge is 0.233 e. The highest BCUT2D eigenvalue weighted by Crippen LogP contribution is 1.84. The van der Waals surface area contributed by atoms with Gasteiger partial charge in [0.1, 0.15) is 6.61 Å². The Morgan fingerprint density at radius 3 is 2.46 bits per heavy atom. The summed E-state index contributed by atoms with van der Waals surface area (Å²) in [7, 11) is 4.74. The topological polar surface area (TPSA) is 58.6 Å². The van der Waals surface area contributed by atoms with Gasteiger partial charge in [0.15, 0.2) is 5.78 Å². The molecule has 76 valence electrons. The molecule has 0 aromatic rings. The third kappa shape index (κ3) is 6.24. The van der Waals surface area contributed by atoms with E-state index >= 15 is 0 Å². The summed E-state index contributed by atoms with van der Waals surface area (Å²) in [6.45, 7) is 0.561. The largest absolute Gasteiger partial charge is 0.377 e. The number of nitrogens with zero attached hydrogens (tertiary/aromatic N) is 1. The lowest BCUT2D eigenvalue weighted by Gasteiger charge is -2.13. The number of rotatable bonds is 6. The second-order valence-electron chi connectivity index (χ2n) is 2.82. The zero-order valence-corrected chi connectivity index (χ0v) is 8.29. The molecule has 0 heterocycles. The number of carbonyl (C=O) groups is 2. The normalized spacial score (nSPS) is 10.2. The van der Waals surface area contributed by atoms with E-state index in [2.05, 4.69) is 10.1 Å². The predicted molar refractivity (Wildman–Crippen MR) is 48.4 cm³/mol. The van der Waals surface area contributed by atoms with Gasteiger partial charge in [-0.25, -0.2) is 0 Å². The van der Waals surface area contributed by atoms with E-state index in [1.807, 2.05) is 0 Å². The highest BCUT2D eigenvalue weighted by atomic mass is 16.5. The molecule has 0 aromatic carbocycles. The van der Waals surface area contributed by atoms with Crippen molar-refractivity contribution in [3.63, 3.8) is 0 Å². The number of ether oxygens (including phenoxy) is 1. The summed E-state index contributed by atoms with van der Waals surface area (Å²) in [5, 5.41) is 2.48. The summed E-state index contributed by atoms with van der Waals surface area (Å²) in [6, 6.07) is 0. The molecule has 5 heteroatoms. The molecule has 0 saturated heterocycles. The van der Waals surface area contributed by atoms with Crippen LogP contribution in [0.1, 0.15) is 0 Å². The summed E-state index contributed by atoms with van der Waals surface area (Å²) in [4.78, 5) is 23.5. The molecule has 0 saturated carbocycles. The van der Waals surface area contributed by atoms with Crippen LogP contribution in [-0.4, -0.2) is 57.5 Å². The van der Waals surface area contributed by atoms with Gasteiger partial charge in [-0.2, -0.15) is 0 Å². The van der Waals surface area contributed by atoms with E-state index in [0.29, 0.717) is 0 Å². The highest BCUT2D eigenvalue weighted by molar-refractivity contribution is 5.83. The second-order valence-corrected chi connectivity index (χ2v) is 2.82. The van der Waals surface area contributed by atoms with Crippen LogP contribution >= 0.6 is 0 Å². The minimum absolute atomic E-state index is 0.0334. The summed E-state index contributed by atoms with van der Waals surface area (Å²) in [5.74, 6) is -0.137. The van der Waals surface area contributed by atoms with Crippen molar-refractivity contribution in [2.75, 3.05) is 40.9 Å². The van der Waals surface area contributed by atoms with Crippen LogP contribution in [0, 0.1) is 0 Å². The number of carbonyl (C=O) groups excluding carboxylic acids is 2. The molecule has 0 fully saturated rings. The van der Waals surface area contributed by atoms with Crippen molar-refractivity contribution in [1.29, 1.82) is 0 Å². The number of likely N-dealkylation sites (N-methyl/N-ethyl adjacent to an activating group) is 2. The van der Waals surface area contributed by atoms with Crippen LogP contribution in [0.3, 0.4) is 0 Å². The Morgan fingerprint density at radius 1 is 1.38 bits per heavy atom. The number of Topliss-reactive ketones (excluding diaryl/α,β-unsaturated/α-hetero) is 1. The van der Waals surface area contributed by atoms with E-state index in [-0.39, 0.29) is 31.4 Å². The van der Waals surface area contributed by atoms with Gasteiger partial charge in [-0.3, -0.25) is 14.5 Å². The van der Waals surface area contributed by atoms with Crippen LogP contribution in [0.15, 0.2) is 0 Å². The summed E-state index contributed by atoms with van der Waals surface area (Å²) >= 11 is 0. The molecule has 0 unspecified atom stereocenters. The summed E-state index contributed by atoms with van der Waals surface area (Å²) in [6.07, 6.45) is 0. The number of nitrogens with one attached hydrogen (secondary N) is 1. The lowest BCUT2D eigenvalue weighted by molar-refractivity contribution is -0.125. The Hall–Kier alpha value is -0.940. The van der Waals surface area contributed by atoms with Gasteiger partial charge >= 0.3 is 0 Å². The van der Waals surface area contributed by atoms with Crippen molar-refractivity contribution < 1.29 is 14.3 Å². The van der Waals surface area contributed by atoms with Crippen LogP contribution in [0.2, 0.25) is 0 Å². The quantitative estimate of drug-likeness (QED) is 0.573. The Labute approximate surface area is 78.0 Å². The SMILES string of the molecule is CNC(=O)CN(C)CC(=O)COC. The van der Waals surface area contributed by atoms with Crippen LogP contribution < -0.4 is 5.32 Å². The Balaban J connectivity index is 3.67. The molecular formula is C8H16N2O3. The van der Waals surface area contributed by atoms with Gasteiger partial charge in [0, 0.05) is 14.2 Å². The molecule has 1 N–H and O–H groups in total. The van der Waals surface area contributed by atoms with E-state index in [1.54, 1.807) is 19.0 Å². The van der Waals surface area contributed by atoms with E-state index < -0.39 is 0 Å². The van der Waals surface area contributed by atoms with Gasteiger partial charge in [0.05, 0.1) is 13.1 Å². The van der Waals surface area contributed by atoms with Crippen molar-refractivity contribution in [1.82, 2.24) is 10.2 Å². The van der Waals surface area contributed by atoms with Crippen molar-refractivity contribution in [2.24, 2.45) is 0 Å². The first-order valence-electron chi connectivity index (χ1n) is 4.00.